The van der Waals surface area contributed by atoms with Crippen molar-refractivity contribution in [1.29, 1.82) is 0 Å². The van der Waals surface area contributed by atoms with Crippen molar-refractivity contribution in [2.45, 2.75) is 57.8 Å². The molecule has 0 aromatic rings. The number of rotatable bonds is 9. The minimum Gasteiger partial charge on any atom is -0.356 e. The highest BCUT2D eigenvalue weighted by atomic mass is 35.5. The second kappa shape index (κ2) is 11.8. The van der Waals surface area contributed by atoms with Crippen LogP contribution in [0.1, 0.15) is 57.8 Å². The maximum Gasteiger partial charge on any atom is 0.220 e. The summed E-state index contributed by atoms with van der Waals surface area (Å²) in [5.74, 6) is 1.20. The maximum absolute atomic E-state index is 11.4. The quantitative estimate of drug-likeness (QED) is 0.636. The van der Waals surface area contributed by atoms with Crippen LogP contribution in [0.3, 0.4) is 0 Å². The molecule has 1 saturated carbocycles. The van der Waals surface area contributed by atoms with Gasteiger partial charge in [0.2, 0.25) is 5.91 Å². The lowest BCUT2D eigenvalue weighted by Gasteiger charge is -2.09. The lowest BCUT2D eigenvalue weighted by atomic mass is 10.0. The summed E-state index contributed by atoms with van der Waals surface area (Å²) in [7, 11) is 1.92. The van der Waals surface area contributed by atoms with Gasteiger partial charge in [0.15, 0.2) is 0 Å². The van der Waals surface area contributed by atoms with Crippen molar-refractivity contribution in [2.75, 3.05) is 20.1 Å². The number of amides is 1. The lowest BCUT2D eigenvalue weighted by molar-refractivity contribution is -0.121. The van der Waals surface area contributed by atoms with Crippen LogP contribution in [0.15, 0.2) is 0 Å². The Balaban J connectivity index is 0.00000289. The first kappa shape index (κ1) is 17.7. The normalized spacial score (nSPS) is 15.4. The summed E-state index contributed by atoms with van der Waals surface area (Å²) in [5, 5.41) is 6.05. The van der Waals surface area contributed by atoms with E-state index < -0.39 is 0 Å². The molecular formula is C14H29ClN2O. The van der Waals surface area contributed by atoms with Crippen LogP contribution in [0.25, 0.3) is 0 Å². The van der Waals surface area contributed by atoms with E-state index in [1.54, 1.807) is 0 Å². The molecule has 0 aromatic heterocycles. The largest absolute Gasteiger partial charge is 0.356 e. The van der Waals surface area contributed by atoms with Crippen LogP contribution >= 0.6 is 12.4 Å². The second-order valence-corrected chi connectivity index (χ2v) is 5.20. The van der Waals surface area contributed by atoms with E-state index in [0.29, 0.717) is 6.42 Å². The molecule has 0 heterocycles. The summed E-state index contributed by atoms with van der Waals surface area (Å²) in [4.78, 5) is 11.4. The monoisotopic (exact) mass is 276 g/mol. The Morgan fingerprint density at radius 3 is 2.50 bits per heavy atom. The number of unbranched alkanes of at least 4 members (excludes halogenated alkanes) is 1. The van der Waals surface area contributed by atoms with Crippen LogP contribution in [0, 0.1) is 5.92 Å². The molecule has 0 spiro atoms. The number of hydrogen-bond donors (Lipinski definition) is 2. The van der Waals surface area contributed by atoms with Crippen molar-refractivity contribution >= 4 is 18.3 Å². The fourth-order valence-corrected chi connectivity index (χ4v) is 2.60. The Bertz CT molecular complexity index is 206. The van der Waals surface area contributed by atoms with E-state index in [1.807, 2.05) is 7.05 Å². The maximum atomic E-state index is 11.4. The fourth-order valence-electron chi connectivity index (χ4n) is 2.60. The zero-order valence-electron chi connectivity index (χ0n) is 11.7. The molecule has 0 radical (unpaired) electrons. The fraction of sp³-hybridized carbons (Fsp3) is 0.929. The Hall–Kier alpha value is -0.280. The van der Waals surface area contributed by atoms with Crippen molar-refractivity contribution in [3.05, 3.63) is 0 Å². The Morgan fingerprint density at radius 2 is 1.83 bits per heavy atom. The van der Waals surface area contributed by atoms with Gasteiger partial charge < -0.3 is 10.6 Å². The SMILES string of the molecule is CNCCCC(=O)NCCCCC1CCCC1.Cl. The molecule has 0 aromatic carbocycles. The van der Waals surface area contributed by atoms with Gasteiger partial charge in [-0.3, -0.25) is 4.79 Å². The molecule has 1 amide bonds. The van der Waals surface area contributed by atoms with Gasteiger partial charge in [-0.15, -0.1) is 12.4 Å². The summed E-state index contributed by atoms with van der Waals surface area (Å²) in [6.07, 6.45) is 11.1. The van der Waals surface area contributed by atoms with Crippen LogP contribution in [-0.4, -0.2) is 26.0 Å². The van der Waals surface area contributed by atoms with E-state index in [2.05, 4.69) is 10.6 Å². The number of halogens is 1. The minimum absolute atomic E-state index is 0. The Labute approximate surface area is 118 Å². The number of hydrogen-bond acceptors (Lipinski definition) is 2. The average Bonchev–Trinajstić information content (AvgIpc) is 2.82. The highest BCUT2D eigenvalue weighted by Crippen LogP contribution is 2.28. The third-order valence-electron chi connectivity index (χ3n) is 3.67. The first-order chi connectivity index (χ1) is 8.33. The molecule has 0 unspecified atom stereocenters. The van der Waals surface area contributed by atoms with Gasteiger partial charge in [0.05, 0.1) is 0 Å². The standard InChI is InChI=1S/C14H28N2O.ClH/c1-15-11-6-10-14(17)16-12-5-4-9-13-7-2-3-8-13;/h13,15H,2-12H2,1H3,(H,16,17);1H. The van der Waals surface area contributed by atoms with Crippen molar-refractivity contribution < 1.29 is 4.79 Å². The second-order valence-electron chi connectivity index (χ2n) is 5.20. The van der Waals surface area contributed by atoms with Crippen LogP contribution in [0.2, 0.25) is 0 Å². The molecule has 4 heteroatoms. The molecule has 1 fully saturated rings. The van der Waals surface area contributed by atoms with Gasteiger partial charge in [0.1, 0.15) is 0 Å². The zero-order chi connectivity index (χ0) is 12.3. The minimum atomic E-state index is 0. The third-order valence-corrected chi connectivity index (χ3v) is 3.67. The van der Waals surface area contributed by atoms with Gasteiger partial charge in [-0.1, -0.05) is 38.5 Å². The highest BCUT2D eigenvalue weighted by molar-refractivity contribution is 5.85. The summed E-state index contributed by atoms with van der Waals surface area (Å²) >= 11 is 0. The number of carbonyl (C=O) groups excluding carboxylic acids is 1. The summed E-state index contributed by atoms with van der Waals surface area (Å²) in [6.45, 7) is 1.79. The lowest BCUT2D eigenvalue weighted by Crippen LogP contribution is -2.25. The molecule has 0 aliphatic heterocycles. The first-order valence-electron chi connectivity index (χ1n) is 7.24. The van der Waals surface area contributed by atoms with Crippen LogP contribution in [0.5, 0.6) is 0 Å². The summed E-state index contributed by atoms with van der Waals surface area (Å²) in [5.41, 5.74) is 0. The number of carbonyl (C=O) groups is 1. The number of nitrogens with one attached hydrogen (secondary N) is 2. The van der Waals surface area contributed by atoms with Crippen molar-refractivity contribution in [3.8, 4) is 0 Å². The average molecular weight is 277 g/mol. The zero-order valence-corrected chi connectivity index (χ0v) is 12.5. The van der Waals surface area contributed by atoms with Crippen molar-refractivity contribution in [2.24, 2.45) is 5.92 Å². The molecule has 108 valence electrons. The summed E-state index contributed by atoms with van der Waals surface area (Å²) < 4.78 is 0. The predicted octanol–water partition coefficient (Wildman–Crippen LogP) is 2.88. The molecule has 18 heavy (non-hydrogen) atoms. The van der Waals surface area contributed by atoms with E-state index >= 15 is 0 Å². The first-order valence-corrected chi connectivity index (χ1v) is 7.24. The molecular weight excluding hydrogens is 248 g/mol. The molecule has 0 bridgehead atoms. The van der Waals surface area contributed by atoms with Crippen molar-refractivity contribution in [1.82, 2.24) is 10.6 Å². The molecule has 1 aliphatic carbocycles. The topological polar surface area (TPSA) is 41.1 Å². The molecule has 3 nitrogen and oxygen atoms in total. The van der Waals surface area contributed by atoms with Crippen LogP contribution < -0.4 is 10.6 Å². The van der Waals surface area contributed by atoms with Gasteiger partial charge in [0, 0.05) is 13.0 Å². The van der Waals surface area contributed by atoms with E-state index in [1.165, 1.54) is 38.5 Å². The van der Waals surface area contributed by atoms with Crippen molar-refractivity contribution in [3.63, 3.8) is 0 Å². The van der Waals surface area contributed by atoms with Crippen LogP contribution in [0.4, 0.5) is 0 Å². The predicted molar refractivity (Wildman–Crippen MR) is 79.2 cm³/mol. The van der Waals surface area contributed by atoms with Gasteiger partial charge in [-0.05, 0) is 32.4 Å². The van der Waals surface area contributed by atoms with E-state index in [4.69, 9.17) is 0 Å². The highest BCUT2D eigenvalue weighted by Gasteiger charge is 2.13. The molecule has 2 N–H and O–H groups in total. The van der Waals surface area contributed by atoms with E-state index in [-0.39, 0.29) is 18.3 Å². The van der Waals surface area contributed by atoms with E-state index in [0.717, 1.165) is 31.8 Å². The molecule has 1 aliphatic rings. The molecule has 1 rings (SSSR count). The van der Waals surface area contributed by atoms with Gasteiger partial charge in [-0.2, -0.15) is 0 Å². The smallest absolute Gasteiger partial charge is 0.220 e. The van der Waals surface area contributed by atoms with Gasteiger partial charge in [-0.25, -0.2) is 0 Å². The Morgan fingerprint density at radius 1 is 1.11 bits per heavy atom. The van der Waals surface area contributed by atoms with E-state index in [9.17, 15) is 4.79 Å². The summed E-state index contributed by atoms with van der Waals surface area (Å²) in [6, 6.07) is 0. The van der Waals surface area contributed by atoms with Gasteiger partial charge in [0.25, 0.3) is 0 Å². The third kappa shape index (κ3) is 8.76. The van der Waals surface area contributed by atoms with Gasteiger partial charge >= 0.3 is 0 Å². The molecule has 0 atom stereocenters. The Kier molecular flexibility index (Phi) is 11.6. The molecule has 0 saturated heterocycles. The van der Waals surface area contributed by atoms with Crippen LogP contribution in [-0.2, 0) is 4.79 Å².